The molecule has 2 atom stereocenters. The number of hydrogen-bond acceptors (Lipinski definition) is 4. The average Bonchev–Trinajstić information content (AvgIpc) is 3.01. The highest BCUT2D eigenvalue weighted by molar-refractivity contribution is 6.74. The Morgan fingerprint density at radius 2 is 1.57 bits per heavy atom. The molecule has 1 heterocycles. The number of benzene rings is 1. The summed E-state index contributed by atoms with van der Waals surface area (Å²) in [6.07, 6.45) is 1.55. The van der Waals surface area contributed by atoms with Gasteiger partial charge in [-0.15, -0.1) is 0 Å². The third-order valence-corrected chi connectivity index (χ3v) is 10.6. The van der Waals surface area contributed by atoms with Crippen LogP contribution in [0.1, 0.15) is 59.9 Å². The van der Waals surface area contributed by atoms with E-state index >= 15 is 0 Å². The summed E-state index contributed by atoms with van der Waals surface area (Å²) in [7, 11) is -1.89. The fourth-order valence-electron chi connectivity index (χ4n) is 3.31. The van der Waals surface area contributed by atoms with Gasteiger partial charge in [0.05, 0.1) is 31.9 Å². The van der Waals surface area contributed by atoms with Gasteiger partial charge in [0.2, 0.25) is 0 Å². The smallest absolute Gasteiger partial charge is 0.410 e. The molecule has 1 aliphatic rings. The number of nitrogens with zero attached hydrogens (tertiary/aromatic N) is 1. The predicted molar refractivity (Wildman–Crippen MR) is 124 cm³/mol. The molecule has 1 saturated heterocycles. The Labute approximate surface area is 184 Å². The van der Waals surface area contributed by atoms with Gasteiger partial charge in [-0.1, -0.05) is 51.1 Å². The lowest BCUT2D eigenvalue weighted by Crippen LogP contribution is -2.49. The Hall–Kier alpha value is -1.37. The molecule has 0 unspecified atom stereocenters. The van der Waals surface area contributed by atoms with Crippen molar-refractivity contribution in [3.63, 3.8) is 0 Å². The number of carbonyl (C=O) groups is 1. The van der Waals surface area contributed by atoms with Crippen molar-refractivity contribution < 1.29 is 18.7 Å². The molecule has 1 fully saturated rings. The molecule has 170 valence electrons. The van der Waals surface area contributed by atoms with E-state index in [1.165, 1.54) is 0 Å². The lowest BCUT2D eigenvalue weighted by atomic mass is 10.2. The van der Waals surface area contributed by atoms with Crippen molar-refractivity contribution in [3.8, 4) is 0 Å². The van der Waals surface area contributed by atoms with Crippen molar-refractivity contribution in [3.05, 3.63) is 35.9 Å². The Kier molecular flexibility index (Phi) is 8.16. The van der Waals surface area contributed by atoms with Crippen molar-refractivity contribution >= 4 is 14.4 Å². The van der Waals surface area contributed by atoms with E-state index < -0.39 is 13.9 Å². The second-order valence-electron chi connectivity index (χ2n) is 10.8. The molecule has 0 saturated carbocycles. The zero-order valence-corrected chi connectivity index (χ0v) is 21.2. The van der Waals surface area contributed by atoms with Gasteiger partial charge in [0.1, 0.15) is 5.60 Å². The first-order chi connectivity index (χ1) is 13.8. The molecule has 5 nitrogen and oxygen atoms in total. The highest BCUT2D eigenvalue weighted by atomic mass is 28.4. The molecule has 30 heavy (non-hydrogen) atoms. The fraction of sp³-hybridized carbons (Fsp3) is 0.708. The lowest BCUT2D eigenvalue weighted by Gasteiger charge is -2.38. The molecule has 0 N–H and O–H groups in total. The molecule has 1 aliphatic heterocycles. The maximum absolute atomic E-state index is 13.0. The van der Waals surface area contributed by atoms with E-state index in [1.807, 2.05) is 43.9 Å². The van der Waals surface area contributed by atoms with Gasteiger partial charge in [-0.2, -0.15) is 0 Å². The SMILES string of the molecule is CC(C)(C)OC(=O)N1[C@@H](COCc2ccccc2)CC[C@H]1CO[Si](C)(C)C(C)(C)C. The van der Waals surface area contributed by atoms with Crippen molar-refractivity contribution in [1.82, 2.24) is 4.90 Å². The maximum atomic E-state index is 13.0. The Morgan fingerprint density at radius 1 is 1.00 bits per heavy atom. The molecular formula is C24H41NO4Si. The first-order valence-electron chi connectivity index (χ1n) is 11.1. The first kappa shape index (κ1) is 24.9. The van der Waals surface area contributed by atoms with E-state index in [4.69, 9.17) is 13.9 Å². The van der Waals surface area contributed by atoms with E-state index in [9.17, 15) is 4.79 Å². The third-order valence-electron chi connectivity index (χ3n) is 6.09. The first-order valence-corrected chi connectivity index (χ1v) is 14.0. The molecule has 0 aromatic heterocycles. The van der Waals surface area contributed by atoms with Crippen molar-refractivity contribution in [2.45, 2.75) is 96.8 Å². The average molecular weight is 436 g/mol. The molecule has 1 amide bonds. The normalized spacial score (nSPS) is 20.5. The van der Waals surface area contributed by atoms with Gasteiger partial charge < -0.3 is 13.9 Å². The second kappa shape index (κ2) is 9.84. The van der Waals surface area contributed by atoms with Crippen LogP contribution in [0.2, 0.25) is 18.1 Å². The van der Waals surface area contributed by atoms with Gasteiger partial charge in [0, 0.05) is 0 Å². The van der Waals surface area contributed by atoms with E-state index in [-0.39, 0.29) is 23.2 Å². The molecule has 0 aliphatic carbocycles. The van der Waals surface area contributed by atoms with Gasteiger partial charge in [-0.05, 0) is 57.3 Å². The minimum Gasteiger partial charge on any atom is -0.444 e. The largest absolute Gasteiger partial charge is 0.444 e. The van der Waals surface area contributed by atoms with Crippen molar-refractivity contribution in [1.29, 1.82) is 0 Å². The summed E-state index contributed by atoms with van der Waals surface area (Å²) in [5.74, 6) is 0. The van der Waals surface area contributed by atoms with Gasteiger partial charge >= 0.3 is 6.09 Å². The molecule has 1 aromatic rings. The summed E-state index contributed by atoms with van der Waals surface area (Å²) in [6.45, 7) is 18.5. The van der Waals surface area contributed by atoms with Crippen LogP contribution in [0.25, 0.3) is 0 Å². The van der Waals surface area contributed by atoms with Crippen LogP contribution in [0, 0.1) is 0 Å². The third kappa shape index (κ3) is 7.10. The predicted octanol–water partition coefficient (Wildman–Crippen LogP) is 5.99. The van der Waals surface area contributed by atoms with Crippen LogP contribution in [0.15, 0.2) is 30.3 Å². The van der Waals surface area contributed by atoms with Crippen molar-refractivity contribution in [2.75, 3.05) is 13.2 Å². The van der Waals surface area contributed by atoms with E-state index in [1.54, 1.807) is 0 Å². The summed E-state index contributed by atoms with van der Waals surface area (Å²) in [6, 6.07) is 10.2. The summed E-state index contributed by atoms with van der Waals surface area (Å²) >= 11 is 0. The Bertz CT molecular complexity index is 679. The van der Waals surface area contributed by atoms with Gasteiger partial charge in [-0.25, -0.2) is 4.79 Å². The monoisotopic (exact) mass is 435 g/mol. The standard InChI is InChI=1S/C24H41NO4Si/c1-23(2,3)29-22(26)25-20(17-27-16-19-12-10-9-11-13-19)14-15-21(25)18-28-30(7,8)24(4,5)6/h9-13,20-21H,14-18H2,1-8H3/t20-,21+/m1/s1. The van der Waals surface area contributed by atoms with Crippen LogP contribution >= 0.6 is 0 Å². The quantitative estimate of drug-likeness (QED) is 0.493. The van der Waals surface area contributed by atoms with Gasteiger partial charge in [0.15, 0.2) is 8.32 Å². The number of rotatable bonds is 7. The van der Waals surface area contributed by atoms with Crippen LogP contribution in [0.3, 0.4) is 0 Å². The number of carbonyl (C=O) groups excluding carboxylic acids is 1. The molecule has 1 aromatic carbocycles. The number of hydrogen-bond donors (Lipinski definition) is 0. The number of ether oxygens (including phenoxy) is 2. The summed E-state index contributed by atoms with van der Waals surface area (Å²) < 4.78 is 18.2. The van der Waals surface area contributed by atoms with Crippen LogP contribution in [-0.2, 0) is 20.5 Å². The highest BCUT2D eigenvalue weighted by Crippen LogP contribution is 2.37. The van der Waals surface area contributed by atoms with Crippen LogP contribution in [0.5, 0.6) is 0 Å². The lowest BCUT2D eigenvalue weighted by molar-refractivity contribution is -0.00483. The molecule has 0 bridgehead atoms. The summed E-state index contributed by atoms with van der Waals surface area (Å²) in [4.78, 5) is 14.9. The van der Waals surface area contributed by atoms with Crippen molar-refractivity contribution in [2.24, 2.45) is 0 Å². The minimum absolute atomic E-state index is 0.0107. The molecule has 6 heteroatoms. The Morgan fingerprint density at radius 3 is 2.10 bits per heavy atom. The van der Waals surface area contributed by atoms with Gasteiger partial charge in [-0.3, -0.25) is 4.90 Å². The molecule has 2 rings (SSSR count). The zero-order chi connectivity index (χ0) is 22.6. The maximum Gasteiger partial charge on any atom is 0.410 e. The van der Waals surface area contributed by atoms with E-state index in [2.05, 4.69) is 46.0 Å². The van der Waals surface area contributed by atoms with Crippen LogP contribution < -0.4 is 0 Å². The Balaban J connectivity index is 2.04. The second-order valence-corrected chi connectivity index (χ2v) is 15.7. The van der Waals surface area contributed by atoms with Gasteiger partial charge in [0.25, 0.3) is 0 Å². The zero-order valence-electron chi connectivity index (χ0n) is 20.2. The minimum atomic E-state index is -1.89. The van der Waals surface area contributed by atoms with Crippen LogP contribution in [0.4, 0.5) is 4.79 Å². The number of likely N-dealkylation sites (tertiary alicyclic amines) is 1. The summed E-state index contributed by atoms with van der Waals surface area (Å²) in [5.41, 5.74) is 0.608. The summed E-state index contributed by atoms with van der Waals surface area (Å²) in [5, 5.41) is 0.139. The fourth-order valence-corrected chi connectivity index (χ4v) is 4.35. The molecular weight excluding hydrogens is 394 g/mol. The van der Waals surface area contributed by atoms with E-state index in [0.29, 0.717) is 19.8 Å². The van der Waals surface area contributed by atoms with E-state index in [0.717, 1.165) is 18.4 Å². The van der Waals surface area contributed by atoms with Crippen LogP contribution in [-0.4, -0.2) is 50.2 Å². The molecule has 0 radical (unpaired) electrons. The number of amides is 1. The highest BCUT2D eigenvalue weighted by Gasteiger charge is 2.42. The molecule has 0 spiro atoms. The topological polar surface area (TPSA) is 48.0 Å².